The first kappa shape index (κ1) is 21.3. The quantitative estimate of drug-likeness (QED) is 0.542. The number of hydrogen-bond acceptors (Lipinski definition) is 3. The lowest BCUT2D eigenvalue weighted by atomic mass is 10.1. The van der Waals surface area contributed by atoms with Crippen molar-refractivity contribution in [2.24, 2.45) is 0 Å². The lowest BCUT2D eigenvalue weighted by Gasteiger charge is -2.43. The third-order valence-electron chi connectivity index (χ3n) is 5.77. The van der Waals surface area contributed by atoms with Crippen LogP contribution < -0.4 is 10.4 Å². The lowest BCUT2D eigenvalue weighted by molar-refractivity contribution is -0.00762. The minimum atomic E-state index is -2.47. The van der Waals surface area contributed by atoms with Gasteiger partial charge in [-0.2, -0.15) is 0 Å². The molecule has 3 nitrogen and oxygen atoms in total. The van der Waals surface area contributed by atoms with Crippen molar-refractivity contribution in [2.75, 3.05) is 13.2 Å². The van der Waals surface area contributed by atoms with Crippen LogP contribution in [0.2, 0.25) is 5.04 Å². The Hall–Kier alpha value is -1.46. The van der Waals surface area contributed by atoms with Gasteiger partial charge >= 0.3 is 0 Å². The molecule has 0 unspecified atom stereocenters. The van der Waals surface area contributed by atoms with Crippen LogP contribution in [0.4, 0.5) is 0 Å². The van der Waals surface area contributed by atoms with Gasteiger partial charge in [0.25, 0.3) is 8.32 Å². The molecule has 1 fully saturated rings. The Bertz CT molecular complexity index is 666. The standard InChI is InChI=1S/C24H34O3Si/c1-24(2,3)28(20-12-6-4-7-13-20,21-14-8-5-9-15-21)27-19-10-16-22(25)23-17-11-18-26-23/h4-9,12-15,22-23,25H,10-11,16-19H2,1-3H3/t22-,23-/m0/s1. The molecule has 1 heterocycles. The summed E-state index contributed by atoms with van der Waals surface area (Å²) < 4.78 is 12.5. The first-order valence-corrected chi connectivity index (χ1v) is 12.4. The van der Waals surface area contributed by atoms with Crippen LogP contribution in [0.5, 0.6) is 0 Å². The molecule has 152 valence electrons. The average Bonchev–Trinajstić information content (AvgIpc) is 3.23. The fraction of sp³-hybridized carbons (Fsp3) is 0.500. The molecule has 0 bridgehead atoms. The van der Waals surface area contributed by atoms with Crippen molar-refractivity contribution in [1.82, 2.24) is 0 Å². The molecule has 1 N–H and O–H groups in total. The van der Waals surface area contributed by atoms with E-state index in [2.05, 4.69) is 81.4 Å². The number of hydrogen-bond donors (Lipinski definition) is 1. The Labute approximate surface area is 170 Å². The van der Waals surface area contributed by atoms with Gasteiger partial charge in [0.05, 0.1) is 12.2 Å². The number of aliphatic hydroxyl groups excluding tert-OH is 1. The van der Waals surface area contributed by atoms with E-state index in [0.29, 0.717) is 6.61 Å². The largest absolute Gasteiger partial charge is 0.407 e. The van der Waals surface area contributed by atoms with Crippen LogP contribution in [0, 0.1) is 0 Å². The SMILES string of the molecule is CC(C)(C)[Si](OCCC[C@H](O)[C@@H]1CCCO1)(c1ccccc1)c1ccccc1. The van der Waals surface area contributed by atoms with Crippen molar-refractivity contribution in [3.05, 3.63) is 60.7 Å². The molecule has 0 amide bonds. The summed E-state index contributed by atoms with van der Waals surface area (Å²) in [6.45, 7) is 8.30. The van der Waals surface area contributed by atoms with Crippen LogP contribution in [-0.2, 0) is 9.16 Å². The molecule has 0 aliphatic carbocycles. The summed E-state index contributed by atoms with van der Waals surface area (Å²) in [5.41, 5.74) is 0. The van der Waals surface area contributed by atoms with Gasteiger partial charge in [-0.15, -0.1) is 0 Å². The first-order chi connectivity index (χ1) is 13.4. The Morgan fingerprint density at radius 1 is 1.04 bits per heavy atom. The summed E-state index contributed by atoms with van der Waals surface area (Å²) >= 11 is 0. The van der Waals surface area contributed by atoms with Gasteiger partial charge < -0.3 is 14.3 Å². The van der Waals surface area contributed by atoms with Crippen LogP contribution in [0.25, 0.3) is 0 Å². The summed E-state index contributed by atoms with van der Waals surface area (Å²) in [5.74, 6) is 0. The van der Waals surface area contributed by atoms with E-state index in [4.69, 9.17) is 9.16 Å². The van der Waals surface area contributed by atoms with Gasteiger partial charge in [-0.05, 0) is 41.1 Å². The predicted octanol–water partition coefficient (Wildman–Crippen LogP) is 3.88. The monoisotopic (exact) mass is 398 g/mol. The summed E-state index contributed by atoms with van der Waals surface area (Å²) in [6.07, 6.45) is 3.21. The second-order valence-corrected chi connectivity index (χ2v) is 13.1. The van der Waals surface area contributed by atoms with Crippen molar-refractivity contribution < 1.29 is 14.3 Å². The molecule has 0 aromatic heterocycles. The summed E-state index contributed by atoms with van der Waals surface area (Å²) in [5, 5.41) is 13.0. The molecule has 0 spiro atoms. The summed E-state index contributed by atoms with van der Waals surface area (Å²) in [6, 6.07) is 21.4. The number of benzene rings is 2. The maximum atomic E-state index is 10.4. The number of aliphatic hydroxyl groups is 1. The zero-order valence-corrected chi connectivity index (χ0v) is 18.4. The predicted molar refractivity (Wildman–Crippen MR) is 118 cm³/mol. The van der Waals surface area contributed by atoms with Gasteiger partial charge in [0.15, 0.2) is 0 Å². The zero-order valence-electron chi connectivity index (χ0n) is 17.4. The molecule has 3 rings (SSSR count). The van der Waals surface area contributed by atoms with Gasteiger partial charge in [0.1, 0.15) is 0 Å². The van der Waals surface area contributed by atoms with Crippen molar-refractivity contribution >= 4 is 18.7 Å². The van der Waals surface area contributed by atoms with E-state index in [1.165, 1.54) is 10.4 Å². The van der Waals surface area contributed by atoms with Gasteiger partial charge in [-0.1, -0.05) is 81.4 Å². The Morgan fingerprint density at radius 2 is 1.61 bits per heavy atom. The van der Waals surface area contributed by atoms with Crippen molar-refractivity contribution in [2.45, 2.75) is 63.7 Å². The highest BCUT2D eigenvalue weighted by Gasteiger charge is 2.49. The minimum Gasteiger partial charge on any atom is -0.407 e. The zero-order chi connectivity index (χ0) is 20.0. The molecule has 1 aliphatic heterocycles. The second kappa shape index (κ2) is 9.36. The van der Waals surface area contributed by atoms with E-state index in [1.54, 1.807) is 0 Å². The van der Waals surface area contributed by atoms with Crippen molar-refractivity contribution in [3.8, 4) is 0 Å². The minimum absolute atomic E-state index is 0.00728. The van der Waals surface area contributed by atoms with Crippen molar-refractivity contribution in [1.29, 1.82) is 0 Å². The van der Waals surface area contributed by atoms with E-state index >= 15 is 0 Å². The fourth-order valence-corrected chi connectivity index (χ4v) is 8.98. The van der Waals surface area contributed by atoms with Crippen LogP contribution in [0.3, 0.4) is 0 Å². The van der Waals surface area contributed by atoms with Gasteiger partial charge in [0.2, 0.25) is 0 Å². The van der Waals surface area contributed by atoms with Gasteiger partial charge in [0, 0.05) is 13.2 Å². The highest BCUT2D eigenvalue weighted by atomic mass is 28.4. The summed E-state index contributed by atoms with van der Waals surface area (Å²) in [7, 11) is -2.47. The van der Waals surface area contributed by atoms with E-state index in [0.717, 1.165) is 32.3 Å². The molecule has 28 heavy (non-hydrogen) atoms. The van der Waals surface area contributed by atoms with E-state index in [-0.39, 0.29) is 17.2 Å². The molecule has 2 aromatic carbocycles. The lowest BCUT2D eigenvalue weighted by Crippen LogP contribution is -2.66. The third-order valence-corrected chi connectivity index (χ3v) is 10.8. The summed E-state index contributed by atoms with van der Waals surface area (Å²) in [4.78, 5) is 0. The highest BCUT2D eigenvalue weighted by Crippen LogP contribution is 2.36. The second-order valence-electron chi connectivity index (χ2n) is 8.77. The van der Waals surface area contributed by atoms with Crippen LogP contribution >= 0.6 is 0 Å². The molecule has 1 saturated heterocycles. The van der Waals surface area contributed by atoms with Gasteiger partial charge in [-0.25, -0.2) is 0 Å². The maximum Gasteiger partial charge on any atom is 0.261 e. The molecule has 2 atom stereocenters. The third kappa shape index (κ3) is 4.57. The normalized spacial score (nSPS) is 18.9. The average molecular weight is 399 g/mol. The number of ether oxygens (including phenoxy) is 1. The van der Waals surface area contributed by atoms with Gasteiger partial charge in [-0.3, -0.25) is 0 Å². The Balaban J connectivity index is 1.80. The highest BCUT2D eigenvalue weighted by molar-refractivity contribution is 6.99. The molecular weight excluding hydrogens is 364 g/mol. The Kier molecular flexibility index (Phi) is 7.10. The van der Waals surface area contributed by atoms with Crippen LogP contribution in [0.15, 0.2) is 60.7 Å². The van der Waals surface area contributed by atoms with E-state index in [9.17, 15) is 5.11 Å². The maximum absolute atomic E-state index is 10.4. The molecule has 4 heteroatoms. The van der Waals surface area contributed by atoms with Crippen LogP contribution in [0.1, 0.15) is 46.5 Å². The van der Waals surface area contributed by atoms with E-state index < -0.39 is 8.32 Å². The van der Waals surface area contributed by atoms with Crippen LogP contribution in [-0.4, -0.2) is 38.8 Å². The topological polar surface area (TPSA) is 38.7 Å². The van der Waals surface area contributed by atoms with Crippen molar-refractivity contribution in [3.63, 3.8) is 0 Å². The Morgan fingerprint density at radius 3 is 2.07 bits per heavy atom. The smallest absolute Gasteiger partial charge is 0.261 e. The molecule has 2 aromatic rings. The molecule has 0 saturated carbocycles. The molecular formula is C24H34O3Si. The molecule has 0 radical (unpaired) electrons. The number of rotatable bonds is 8. The van der Waals surface area contributed by atoms with E-state index in [1.807, 2.05) is 0 Å². The molecule has 1 aliphatic rings. The fourth-order valence-electron chi connectivity index (χ4n) is 4.37. The first-order valence-electron chi connectivity index (χ1n) is 10.5.